The van der Waals surface area contributed by atoms with Crippen LogP contribution in [-0.4, -0.2) is 42.0 Å². The second-order valence-corrected chi connectivity index (χ2v) is 8.45. The molecule has 1 aromatic carbocycles. The van der Waals surface area contributed by atoms with E-state index < -0.39 is 23.6 Å². The molecular weight excluding hydrogens is 396 g/mol. The van der Waals surface area contributed by atoms with Gasteiger partial charge in [-0.1, -0.05) is 17.7 Å². The maximum atomic E-state index is 12.1. The quantitative estimate of drug-likeness (QED) is 0.467. The van der Waals surface area contributed by atoms with Crippen LogP contribution >= 0.6 is 11.6 Å². The molecule has 0 saturated carbocycles. The summed E-state index contributed by atoms with van der Waals surface area (Å²) in [7, 11) is 0. The van der Waals surface area contributed by atoms with Gasteiger partial charge in [0.15, 0.2) is 0 Å². The Labute approximate surface area is 177 Å². The van der Waals surface area contributed by atoms with Crippen LogP contribution in [0.15, 0.2) is 12.1 Å². The maximum absolute atomic E-state index is 12.1. The molecule has 0 aliphatic heterocycles. The number of rotatable bonds is 11. The number of amides is 2. The highest BCUT2D eigenvalue weighted by Crippen LogP contribution is 2.31. The van der Waals surface area contributed by atoms with E-state index in [1.54, 1.807) is 20.8 Å². The molecule has 2 amide bonds. The van der Waals surface area contributed by atoms with Gasteiger partial charge in [0.1, 0.15) is 18.0 Å². The average Bonchev–Trinajstić information content (AvgIpc) is 2.59. The number of halogens is 1. The van der Waals surface area contributed by atoms with E-state index in [0.29, 0.717) is 23.6 Å². The van der Waals surface area contributed by atoms with Crippen molar-refractivity contribution in [1.82, 2.24) is 5.32 Å². The zero-order chi connectivity index (χ0) is 22.0. The number of nitrogens with two attached hydrogens (primary N) is 1. The summed E-state index contributed by atoms with van der Waals surface area (Å²) in [6, 6.07) is 3.36. The van der Waals surface area contributed by atoms with E-state index in [4.69, 9.17) is 31.9 Å². The number of benzene rings is 1. The number of nitrogens with one attached hydrogen (secondary N) is 1. The number of alkyl carbamates (subject to hydrolysis) is 1. The van der Waals surface area contributed by atoms with E-state index in [0.717, 1.165) is 24.0 Å². The zero-order valence-electron chi connectivity index (χ0n) is 17.7. The van der Waals surface area contributed by atoms with Gasteiger partial charge in [-0.05, 0) is 70.6 Å². The first-order valence-electron chi connectivity index (χ1n) is 9.82. The lowest BCUT2D eigenvalue weighted by molar-refractivity contribution is -0.118. The van der Waals surface area contributed by atoms with Gasteiger partial charge in [-0.15, -0.1) is 0 Å². The first-order valence-corrected chi connectivity index (χ1v) is 10.2. The summed E-state index contributed by atoms with van der Waals surface area (Å²) in [5.41, 5.74) is 6.55. The molecule has 0 aliphatic carbocycles. The van der Waals surface area contributed by atoms with Gasteiger partial charge >= 0.3 is 6.09 Å². The summed E-state index contributed by atoms with van der Waals surface area (Å²) in [6.07, 6.45) is 2.10. The van der Waals surface area contributed by atoms with Gasteiger partial charge in [0, 0.05) is 13.0 Å². The molecule has 0 spiro atoms. The van der Waals surface area contributed by atoms with Crippen LogP contribution in [0.4, 0.5) is 4.79 Å². The predicted molar refractivity (Wildman–Crippen MR) is 113 cm³/mol. The first kappa shape index (κ1) is 25.0. The van der Waals surface area contributed by atoms with Crippen LogP contribution in [0.2, 0.25) is 5.02 Å². The Morgan fingerprint density at radius 3 is 2.55 bits per heavy atom. The minimum absolute atomic E-state index is 0.109. The highest BCUT2D eigenvalue weighted by molar-refractivity contribution is 6.32. The molecular formula is C21H33ClN2O5. The van der Waals surface area contributed by atoms with Crippen LogP contribution < -0.4 is 15.8 Å². The number of carbonyl (C=O) groups excluding carboxylic acids is 2. The van der Waals surface area contributed by atoms with Crippen molar-refractivity contribution in [3.05, 3.63) is 28.3 Å². The van der Waals surface area contributed by atoms with Crippen molar-refractivity contribution in [3.63, 3.8) is 0 Å². The topological polar surface area (TPSA) is 111 Å². The fourth-order valence-corrected chi connectivity index (χ4v) is 2.96. The predicted octanol–water partition coefficient (Wildman–Crippen LogP) is 3.50. The fraction of sp³-hybridized carbons (Fsp3) is 0.619. The zero-order valence-corrected chi connectivity index (χ0v) is 18.5. The minimum atomic E-state index is -0.636. The van der Waals surface area contributed by atoms with E-state index in [1.165, 1.54) is 0 Å². The molecule has 7 nitrogen and oxygen atoms in total. The highest BCUT2D eigenvalue weighted by Gasteiger charge is 2.21. The molecule has 1 atom stereocenters. The summed E-state index contributed by atoms with van der Waals surface area (Å²) in [4.78, 5) is 23.3. The molecule has 164 valence electrons. The van der Waals surface area contributed by atoms with Crippen molar-refractivity contribution >= 4 is 23.6 Å². The van der Waals surface area contributed by atoms with Crippen molar-refractivity contribution in [2.45, 2.75) is 71.4 Å². The Kier molecular flexibility index (Phi) is 10.3. The molecule has 0 aromatic heterocycles. The normalized spacial score (nSPS) is 12.3. The summed E-state index contributed by atoms with van der Waals surface area (Å²) in [5, 5.41) is 12.2. The van der Waals surface area contributed by atoms with E-state index in [9.17, 15) is 9.59 Å². The van der Waals surface area contributed by atoms with Crippen molar-refractivity contribution in [2.75, 3.05) is 13.2 Å². The number of aliphatic hydroxyl groups excluding tert-OH is 1. The van der Waals surface area contributed by atoms with Crippen LogP contribution in [0.1, 0.15) is 57.6 Å². The van der Waals surface area contributed by atoms with E-state index in [1.807, 2.05) is 19.1 Å². The summed E-state index contributed by atoms with van der Waals surface area (Å²) in [6.45, 7) is 7.52. The van der Waals surface area contributed by atoms with E-state index in [2.05, 4.69) is 5.32 Å². The van der Waals surface area contributed by atoms with E-state index in [-0.39, 0.29) is 19.6 Å². The second-order valence-electron chi connectivity index (χ2n) is 8.08. The van der Waals surface area contributed by atoms with Gasteiger partial charge in [0.2, 0.25) is 5.91 Å². The summed E-state index contributed by atoms with van der Waals surface area (Å²) < 4.78 is 11.2. The summed E-state index contributed by atoms with van der Waals surface area (Å²) >= 11 is 6.49. The molecule has 1 rings (SSSR count). The monoisotopic (exact) mass is 428 g/mol. The van der Waals surface area contributed by atoms with Crippen LogP contribution in [-0.2, 0) is 16.0 Å². The molecule has 0 unspecified atom stereocenters. The van der Waals surface area contributed by atoms with Gasteiger partial charge in [0.25, 0.3) is 0 Å². The van der Waals surface area contributed by atoms with Gasteiger partial charge in [-0.3, -0.25) is 4.79 Å². The van der Waals surface area contributed by atoms with Crippen LogP contribution in [0.3, 0.4) is 0 Å². The second kappa shape index (κ2) is 11.9. The number of primary amides is 1. The number of aryl methyl sites for hydroxylation is 2. The molecule has 8 heteroatoms. The third kappa shape index (κ3) is 10.4. The van der Waals surface area contributed by atoms with Gasteiger partial charge < -0.3 is 25.6 Å². The van der Waals surface area contributed by atoms with Crippen molar-refractivity contribution < 1.29 is 24.2 Å². The standard InChI is InChI=1S/C21H33ClN2O5/c1-14-11-15(7-5-6-10-25)19(22)17(12-14)28-13-16(8-9-18(23)26)24-20(27)29-21(2,3)4/h11-12,16,25H,5-10,13H2,1-4H3,(H2,23,26)(H,24,27)/t16-/m0/s1. The van der Waals surface area contributed by atoms with Gasteiger partial charge in [0.05, 0.1) is 11.1 Å². The third-order valence-corrected chi connectivity index (χ3v) is 4.44. The Morgan fingerprint density at radius 2 is 1.97 bits per heavy atom. The smallest absolute Gasteiger partial charge is 0.407 e. The highest BCUT2D eigenvalue weighted by atomic mass is 35.5. The summed E-state index contributed by atoms with van der Waals surface area (Å²) in [5.74, 6) is 0.0569. The number of hydrogen-bond acceptors (Lipinski definition) is 5. The number of aliphatic hydroxyl groups is 1. The fourth-order valence-electron chi connectivity index (χ4n) is 2.70. The molecule has 0 radical (unpaired) electrons. The van der Waals surface area contributed by atoms with Gasteiger partial charge in [-0.2, -0.15) is 0 Å². The molecule has 0 bridgehead atoms. The van der Waals surface area contributed by atoms with Crippen LogP contribution in [0.5, 0.6) is 5.75 Å². The average molecular weight is 429 g/mol. The Balaban J connectivity index is 2.83. The number of carbonyl (C=O) groups is 2. The molecule has 0 fully saturated rings. The lowest BCUT2D eigenvalue weighted by atomic mass is 10.0. The molecule has 0 saturated heterocycles. The molecule has 1 aromatic rings. The minimum Gasteiger partial charge on any atom is -0.490 e. The van der Waals surface area contributed by atoms with Crippen LogP contribution in [0, 0.1) is 6.92 Å². The van der Waals surface area contributed by atoms with E-state index >= 15 is 0 Å². The number of unbranched alkanes of at least 4 members (excludes halogenated alkanes) is 1. The van der Waals surface area contributed by atoms with Crippen molar-refractivity contribution in [3.8, 4) is 5.75 Å². The Morgan fingerprint density at radius 1 is 1.28 bits per heavy atom. The maximum Gasteiger partial charge on any atom is 0.407 e. The number of hydrogen-bond donors (Lipinski definition) is 3. The van der Waals surface area contributed by atoms with Crippen molar-refractivity contribution in [2.24, 2.45) is 5.73 Å². The Hall–Kier alpha value is -1.99. The van der Waals surface area contributed by atoms with Gasteiger partial charge in [-0.25, -0.2) is 4.79 Å². The first-order chi connectivity index (χ1) is 13.5. The lowest BCUT2D eigenvalue weighted by Crippen LogP contribution is -2.42. The largest absolute Gasteiger partial charge is 0.490 e. The molecule has 4 N–H and O–H groups in total. The number of ether oxygens (including phenoxy) is 2. The van der Waals surface area contributed by atoms with Crippen molar-refractivity contribution in [1.29, 1.82) is 0 Å². The lowest BCUT2D eigenvalue weighted by Gasteiger charge is -2.24. The Bertz CT molecular complexity index is 688. The molecule has 29 heavy (non-hydrogen) atoms. The third-order valence-electron chi connectivity index (χ3n) is 4.01. The SMILES string of the molecule is Cc1cc(CCCCO)c(Cl)c(OC[C@H](CCC(N)=O)NC(=O)OC(C)(C)C)c1. The molecule has 0 aliphatic rings. The van der Waals surface area contributed by atoms with Crippen LogP contribution in [0.25, 0.3) is 0 Å². The molecule has 0 heterocycles.